The summed E-state index contributed by atoms with van der Waals surface area (Å²) in [6, 6.07) is 15.4. The molecule has 2 aromatic carbocycles. The second kappa shape index (κ2) is 6.38. The van der Waals surface area contributed by atoms with E-state index in [0.717, 1.165) is 0 Å². The number of fused-ring (bicyclic) bond motifs is 1. The summed E-state index contributed by atoms with van der Waals surface area (Å²) in [6.45, 7) is 0. The van der Waals surface area contributed by atoms with Crippen LogP contribution in [0, 0.1) is 0 Å². The van der Waals surface area contributed by atoms with Crippen molar-refractivity contribution in [2.45, 2.75) is 5.16 Å². The van der Waals surface area contributed by atoms with E-state index in [1.807, 2.05) is 0 Å². The molecule has 3 rings (SSSR count). The van der Waals surface area contributed by atoms with Crippen LogP contribution in [0.2, 0.25) is 0 Å². The minimum absolute atomic E-state index is 0. The summed E-state index contributed by atoms with van der Waals surface area (Å²) in [5, 5.41) is -0.197. The molecule has 7 heteroatoms. The molecular formula is C13H11KN2O3S. The quantitative estimate of drug-likeness (QED) is 0.590. The molecule has 98 valence electrons. The van der Waals surface area contributed by atoms with Crippen LogP contribution in [0.15, 0.2) is 59.8 Å². The van der Waals surface area contributed by atoms with Gasteiger partial charge in [-0.1, -0.05) is 30.3 Å². The predicted octanol–water partition coefficient (Wildman–Crippen LogP) is 1.68. The first-order chi connectivity index (χ1) is 9.15. The monoisotopic (exact) mass is 314 g/mol. The van der Waals surface area contributed by atoms with Crippen LogP contribution in [0.3, 0.4) is 0 Å². The van der Waals surface area contributed by atoms with E-state index in [-0.39, 0.29) is 62.3 Å². The van der Waals surface area contributed by atoms with Crippen LogP contribution in [0.25, 0.3) is 11.0 Å². The van der Waals surface area contributed by atoms with E-state index in [1.165, 1.54) is 0 Å². The van der Waals surface area contributed by atoms with Crippen molar-refractivity contribution in [2.75, 3.05) is 0 Å². The zero-order chi connectivity index (χ0) is 13.3. The van der Waals surface area contributed by atoms with E-state index >= 15 is 0 Å². The summed E-state index contributed by atoms with van der Waals surface area (Å²) >= 11 is 0. The van der Waals surface area contributed by atoms with Gasteiger partial charge < -0.3 is 9.17 Å². The number of aromatic amines is 1. The van der Waals surface area contributed by atoms with Gasteiger partial charge in [-0.3, -0.25) is 0 Å². The van der Waals surface area contributed by atoms with Crippen molar-refractivity contribution < 1.29 is 12.6 Å². The summed E-state index contributed by atoms with van der Waals surface area (Å²) in [4.78, 5) is 6.74. The zero-order valence-electron chi connectivity index (χ0n) is 9.78. The molecule has 0 saturated carbocycles. The van der Waals surface area contributed by atoms with E-state index in [2.05, 4.69) is 9.97 Å². The van der Waals surface area contributed by atoms with Gasteiger partial charge in [0.15, 0.2) is 0 Å². The van der Waals surface area contributed by atoms with Gasteiger partial charge in [-0.25, -0.2) is 4.98 Å². The molecule has 0 spiro atoms. The number of benzene rings is 2. The average Bonchev–Trinajstić information content (AvgIpc) is 2.84. The van der Waals surface area contributed by atoms with E-state index in [9.17, 15) is 8.42 Å². The molecule has 1 heterocycles. The van der Waals surface area contributed by atoms with Crippen LogP contribution in [-0.2, 0) is 10.1 Å². The first kappa shape index (κ1) is 15.7. The number of imidazole rings is 1. The molecule has 1 aromatic heterocycles. The number of aromatic nitrogens is 2. The second-order valence-corrected chi connectivity index (χ2v) is 5.37. The number of rotatable bonds is 3. The molecule has 1 N–H and O–H groups in total. The number of para-hydroxylation sites is 3. The fraction of sp³-hybridized carbons (Fsp3) is 0. The SMILES string of the molecule is O=S(=O)(Oc1ccccc1)c1nc2ccccc2[nH]1.[KH]. The molecule has 5 nitrogen and oxygen atoms in total. The Kier molecular flexibility index (Phi) is 5.00. The number of nitrogens with zero attached hydrogens (tertiary/aromatic N) is 1. The van der Waals surface area contributed by atoms with Crippen molar-refractivity contribution in [3.05, 3.63) is 54.6 Å². The fourth-order valence-electron chi connectivity index (χ4n) is 1.69. The van der Waals surface area contributed by atoms with Gasteiger partial charge in [0, 0.05) is 0 Å². The van der Waals surface area contributed by atoms with E-state index < -0.39 is 10.1 Å². The van der Waals surface area contributed by atoms with Crippen molar-refractivity contribution in [2.24, 2.45) is 0 Å². The molecule has 0 saturated heterocycles. The second-order valence-electron chi connectivity index (χ2n) is 3.91. The maximum atomic E-state index is 12.1. The van der Waals surface area contributed by atoms with Gasteiger partial charge in [-0.05, 0) is 24.3 Å². The summed E-state index contributed by atoms with van der Waals surface area (Å²) in [5.41, 5.74) is 1.23. The Labute approximate surface area is 158 Å². The zero-order valence-corrected chi connectivity index (χ0v) is 10.6. The van der Waals surface area contributed by atoms with Gasteiger partial charge in [0.25, 0.3) is 5.16 Å². The Morgan fingerprint density at radius 1 is 0.950 bits per heavy atom. The first-order valence-corrected chi connectivity index (χ1v) is 7.00. The van der Waals surface area contributed by atoms with Crippen LogP contribution in [0.5, 0.6) is 5.75 Å². The molecule has 0 amide bonds. The predicted molar refractivity (Wildman–Crippen MR) is 77.5 cm³/mol. The summed E-state index contributed by atoms with van der Waals surface area (Å²) in [7, 11) is -3.94. The summed E-state index contributed by atoms with van der Waals surface area (Å²) in [5.74, 6) is 0.253. The van der Waals surface area contributed by atoms with E-state index in [0.29, 0.717) is 11.0 Å². The third-order valence-electron chi connectivity index (χ3n) is 2.55. The van der Waals surface area contributed by atoms with Crippen LogP contribution in [0.1, 0.15) is 0 Å². The van der Waals surface area contributed by atoms with E-state index in [1.54, 1.807) is 54.6 Å². The van der Waals surface area contributed by atoms with Crippen LogP contribution in [-0.4, -0.2) is 69.8 Å². The Balaban J connectivity index is 0.00000147. The summed E-state index contributed by atoms with van der Waals surface area (Å²) in [6.07, 6.45) is 0. The Hall–Kier alpha value is -0.704. The molecule has 0 atom stereocenters. The third-order valence-corrected chi connectivity index (χ3v) is 3.63. The molecule has 0 radical (unpaired) electrons. The van der Waals surface area contributed by atoms with Crippen molar-refractivity contribution in [1.29, 1.82) is 0 Å². The topological polar surface area (TPSA) is 72.1 Å². The Morgan fingerprint density at radius 2 is 1.60 bits per heavy atom. The van der Waals surface area contributed by atoms with Gasteiger partial charge in [0.1, 0.15) is 5.75 Å². The molecule has 0 bridgehead atoms. The Morgan fingerprint density at radius 3 is 2.30 bits per heavy atom. The molecule has 0 aliphatic carbocycles. The van der Waals surface area contributed by atoms with Gasteiger partial charge in [0.05, 0.1) is 11.0 Å². The van der Waals surface area contributed by atoms with Crippen molar-refractivity contribution in [3.63, 3.8) is 0 Å². The van der Waals surface area contributed by atoms with Crippen LogP contribution >= 0.6 is 0 Å². The molecule has 20 heavy (non-hydrogen) atoms. The molecule has 0 unspecified atom stereocenters. The number of nitrogens with one attached hydrogen (secondary N) is 1. The van der Waals surface area contributed by atoms with Crippen LogP contribution in [0.4, 0.5) is 0 Å². The minimum atomic E-state index is -3.94. The normalized spacial score (nSPS) is 11.0. The maximum absolute atomic E-state index is 12.1. The van der Waals surface area contributed by atoms with Crippen molar-refractivity contribution in [1.82, 2.24) is 9.97 Å². The number of hydrogen-bond donors (Lipinski definition) is 1. The van der Waals surface area contributed by atoms with Gasteiger partial charge >= 0.3 is 61.5 Å². The molecular weight excluding hydrogens is 303 g/mol. The molecule has 0 fully saturated rings. The van der Waals surface area contributed by atoms with Crippen LogP contribution < -0.4 is 4.18 Å². The molecule has 0 aliphatic rings. The van der Waals surface area contributed by atoms with Gasteiger partial charge in [-0.2, -0.15) is 8.42 Å². The third kappa shape index (κ3) is 3.30. The Bertz CT molecular complexity index is 783. The van der Waals surface area contributed by atoms with Crippen molar-refractivity contribution in [3.8, 4) is 5.75 Å². The number of hydrogen-bond acceptors (Lipinski definition) is 4. The van der Waals surface area contributed by atoms with Gasteiger partial charge in [-0.15, -0.1) is 0 Å². The molecule has 0 aliphatic heterocycles. The first-order valence-electron chi connectivity index (χ1n) is 5.59. The fourth-order valence-corrected chi connectivity index (χ4v) is 2.58. The average molecular weight is 314 g/mol. The standard InChI is InChI=1S/C13H10N2O3S.K.H/c16-19(17,18-10-6-2-1-3-7-10)13-14-11-8-4-5-9-12(11)15-13;;/h1-9H,(H,14,15);;. The number of H-pyrrole nitrogens is 1. The van der Waals surface area contributed by atoms with E-state index in [4.69, 9.17) is 4.18 Å². The molecule has 3 aromatic rings. The van der Waals surface area contributed by atoms with Gasteiger partial charge in [0.2, 0.25) is 0 Å². The summed E-state index contributed by atoms with van der Waals surface area (Å²) < 4.78 is 29.1. The van der Waals surface area contributed by atoms with Crippen molar-refractivity contribution >= 4 is 72.5 Å².